The van der Waals surface area contributed by atoms with E-state index in [1.54, 1.807) is 10.6 Å². The predicted molar refractivity (Wildman–Crippen MR) is 115 cm³/mol. The van der Waals surface area contributed by atoms with Crippen LogP contribution in [-0.4, -0.2) is 46.0 Å². The van der Waals surface area contributed by atoms with Crippen molar-refractivity contribution in [3.8, 4) is 0 Å². The van der Waals surface area contributed by atoms with Crippen molar-refractivity contribution in [2.45, 2.75) is 38.8 Å². The average molecular weight is 410 g/mol. The Morgan fingerprint density at radius 2 is 1.90 bits per heavy atom. The first kappa shape index (κ1) is 20.3. The van der Waals surface area contributed by atoms with Crippen LogP contribution in [0, 0.1) is 12.7 Å². The maximum Gasteiger partial charge on any atom is 0.326 e. The Kier molecular flexibility index (Phi) is 5.72. The highest BCUT2D eigenvalue weighted by molar-refractivity contribution is 5.94. The highest BCUT2D eigenvalue weighted by Gasteiger charge is 2.25. The molecule has 0 spiro atoms. The van der Waals surface area contributed by atoms with E-state index < -0.39 is 0 Å². The number of hydrogen-bond donors (Lipinski definition) is 2. The summed E-state index contributed by atoms with van der Waals surface area (Å²) >= 11 is 0. The lowest BCUT2D eigenvalue weighted by Crippen LogP contribution is -2.45. The molecule has 6 nitrogen and oxygen atoms in total. The normalized spacial score (nSPS) is 16.6. The number of carbonyl (C=O) groups excluding carboxylic acids is 1. The van der Waals surface area contributed by atoms with Crippen LogP contribution in [-0.2, 0) is 0 Å². The average Bonchev–Trinajstić information content (AvgIpc) is 3.04. The highest BCUT2D eigenvalue weighted by atomic mass is 19.1. The Morgan fingerprint density at radius 3 is 2.60 bits per heavy atom. The zero-order valence-electron chi connectivity index (χ0n) is 17.3. The van der Waals surface area contributed by atoms with Crippen molar-refractivity contribution >= 4 is 16.9 Å². The predicted octanol–water partition coefficient (Wildman–Crippen LogP) is 3.23. The van der Waals surface area contributed by atoms with Gasteiger partial charge in [-0.05, 0) is 57.0 Å². The Hall–Kier alpha value is -2.93. The Balaban J connectivity index is 1.34. The van der Waals surface area contributed by atoms with Crippen LogP contribution in [0.15, 0.2) is 47.3 Å². The number of imidazole rings is 1. The molecule has 1 atom stereocenters. The summed E-state index contributed by atoms with van der Waals surface area (Å²) in [5, 5.41) is 3.06. The van der Waals surface area contributed by atoms with Gasteiger partial charge in [0.25, 0.3) is 5.91 Å². The Labute approximate surface area is 174 Å². The van der Waals surface area contributed by atoms with E-state index >= 15 is 0 Å². The number of carbonyl (C=O) groups is 1. The molecule has 1 aromatic heterocycles. The van der Waals surface area contributed by atoms with Gasteiger partial charge in [-0.25, -0.2) is 9.18 Å². The smallest absolute Gasteiger partial charge is 0.326 e. The lowest BCUT2D eigenvalue weighted by atomic mass is 10.0. The summed E-state index contributed by atoms with van der Waals surface area (Å²) in [6.07, 6.45) is 1.62. The molecule has 1 fully saturated rings. The summed E-state index contributed by atoms with van der Waals surface area (Å²) in [7, 11) is 0. The maximum atomic E-state index is 13.7. The minimum absolute atomic E-state index is 0.0141. The molecule has 0 radical (unpaired) electrons. The molecule has 0 aliphatic carbocycles. The summed E-state index contributed by atoms with van der Waals surface area (Å²) in [5.41, 5.74) is 2.89. The second kappa shape index (κ2) is 8.44. The van der Waals surface area contributed by atoms with Crippen molar-refractivity contribution in [1.82, 2.24) is 19.8 Å². The molecule has 0 unspecified atom stereocenters. The number of nitrogens with zero attached hydrogens (tertiary/aromatic N) is 2. The zero-order valence-corrected chi connectivity index (χ0v) is 17.3. The van der Waals surface area contributed by atoms with E-state index in [2.05, 4.69) is 15.2 Å². The van der Waals surface area contributed by atoms with Crippen LogP contribution in [0.4, 0.5) is 4.39 Å². The van der Waals surface area contributed by atoms with Gasteiger partial charge in [-0.3, -0.25) is 9.36 Å². The van der Waals surface area contributed by atoms with Crippen LogP contribution in [0.1, 0.15) is 41.7 Å². The Morgan fingerprint density at radius 1 is 1.20 bits per heavy atom. The molecule has 2 N–H and O–H groups in total. The van der Waals surface area contributed by atoms with E-state index in [1.807, 2.05) is 38.1 Å². The van der Waals surface area contributed by atoms with Crippen molar-refractivity contribution in [1.29, 1.82) is 0 Å². The topological polar surface area (TPSA) is 70.1 Å². The lowest BCUT2D eigenvalue weighted by molar-refractivity contribution is 0.0921. The quantitative estimate of drug-likeness (QED) is 0.679. The van der Waals surface area contributed by atoms with Gasteiger partial charge >= 0.3 is 5.69 Å². The number of nitrogens with one attached hydrogen (secondary N) is 2. The van der Waals surface area contributed by atoms with Crippen LogP contribution in [0.5, 0.6) is 0 Å². The van der Waals surface area contributed by atoms with E-state index in [9.17, 15) is 14.0 Å². The first-order valence-corrected chi connectivity index (χ1v) is 10.4. The molecule has 4 rings (SSSR count). The third-order valence-electron chi connectivity index (χ3n) is 5.83. The fraction of sp³-hybridized carbons (Fsp3) is 0.391. The third kappa shape index (κ3) is 4.31. The minimum Gasteiger partial charge on any atom is -0.348 e. The van der Waals surface area contributed by atoms with Crippen LogP contribution in [0.2, 0.25) is 0 Å². The van der Waals surface area contributed by atoms with Crippen LogP contribution >= 0.6 is 0 Å². The molecule has 30 heavy (non-hydrogen) atoms. The van der Waals surface area contributed by atoms with Gasteiger partial charge in [-0.2, -0.15) is 0 Å². The van der Waals surface area contributed by atoms with Crippen molar-refractivity contribution in [3.63, 3.8) is 0 Å². The molecule has 1 aliphatic heterocycles. The van der Waals surface area contributed by atoms with Crippen LogP contribution in [0.3, 0.4) is 0 Å². The van der Waals surface area contributed by atoms with Gasteiger partial charge in [0, 0.05) is 37.3 Å². The van der Waals surface area contributed by atoms with Gasteiger partial charge in [0.15, 0.2) is 0 Å². The van der Waals surface area contributed by atoms with Crippen molar-refractivity contribution < 1.29 is 9.18 Å². The number of rotatable bonds is 5. The molecule has 158 valence electrons. The molecule has 7 heteroatoms. The van der Waals surface area contributed by atoms with Gasteiger partial charge in [-0.15, -0.1) is 0 Å². The second-order valence-corrected chi connectivity index (χ2v) is 8.23. The van der Waals surface area contributed by atoms with E-state index in [1.165, 1.54) is 12.1 Å². The third-order valence-corrected chi connectivity index (χ3v) is 5.83. The van der Waals surface area contributed by atoms with E-state index in [4.69, 9.17) is 0 Å². The van der Waals surface area contributed by atoms with Crippen LogP contribution in [0.25, 0.3) is 11.0 Å². The zero-order chi connectivity index (χ0) is 21.3. The number of fused-ring (bicyclic) bond motifs is 1. The fourth-order valence-electron chi connectivity index (χ4n) is 4.26. The van der Waals surface area contributed by atoms with E-state index in [-0.39, 0.29) is 29.5 Å². The van der Waals surface area contributed by atoms with Crippen molar-refractivity contribution in [2.75, 3.05) is 19.6 Å². The van der Waals surface area contributed by atoms with Crippen molar-refractivity contribution in [2.24, 2.45) is 0 Å². The summed E-state index contributed by atoms with van der Waals surface area (Å²) in [4.78, 5) is 29.9. The van der Waals surface area contributed by atoms with Gasteiger partial charge in [0.05, 0.1) is 11.0 Å². The molecule has 0 bridgehead atoms. The molecule has 1 saturated heterocycles. The number of amides is 1. The molecular formula is C23H27FN4O2. The van der Waals surface area contributed by atoms with Gasteiger partial charge < -0.3 is 15.2 Å². The number of likely N-dealkylation sites (tertiary alicyclic amines) is 1. The minimum atomic E-state index is -0.342. The number of aromatic amines is 1. The standard InChI is InChI=1S/C23H27FN4O2/c1-15-3-5-17(6-4-15)22(29)25-16(2)14-27-11-9-19(10-12-27)28-21-13-18(24)7-8-20(21)26-23(28)30/h3-8,13,16,19H,9-12,14H2,1-2H3,(H,25,29)(H,26,30)/t16-/m0/s1. The monoisotopic (exact) mass is 410 g/mol. The van der Waals surface area contributed by atoms with Gasteiger partial charge in [0.2, 0.25) is 0 Å². The lowest BCUT2D eigenvalue weighted by Gasteiger charge is -2.34. The van der Waals surface area contributed by atoms with Gasteiger partial charge in [-0.1, -0.05) is 17.7 Å². The summed E-state index contributed by atoms with van der Waals surface area (Å²) < 4.78 is 15.4. The molecular weight excluding hydrogens is 383 g/mol. The molecule has 2 aromatic carbocycles. The van der Waals surface area contributed by atoms with Crippen molar-refractivity contribution in [3.05, 3.63) is 69.9 Å². The Bertz CT molecular complexity index is 1090. The first-order chi connectivity index (χ1) is 14.4. The fourth-order valence-corrected chi connectivity index (χ4v) is 4.26. The van der Waals surface area contributed by atoms with E-state index in [0.29, 0.717) is 16.6 Å². The first-order valence-electron chi connectivity index (χ1n) is 10.4. The summed E-state index contributed by atoms with van der Waals surface area (Å²) in [6.45, 7) is 6.40. The maximum absolute atomic E-state index is 13.7. The number of halogens is 1. The molecule has 2 heterocycles. The second-order valence-electron chi connectivity index (χ2n) is 8.23. The molecule has 1 amide bonds. The molecule has 3 aromatic rings. The molecule has 0 saturated carbocycles. The SMILES string of the molecule is Cc1ccc(C(=O)N[C@@H](C)CN2CCC(n3c(=O)[nH]c4ccc(F)cc43)CC2)cc1. The summed E-state index contributed by atoms with van der Waals surface area (Å²) in [6, 6.07) is 12.0. The largest absolute Gasteiger partial charge is 0.348 e. The summed E-state index contributed by atoms with van der Waals surface area (Å²) in [5.74, 6) is -0.407. The number of aromatic nitrogens is 2. The number of aryl methyl sites for hydroxylation is 1. The van der Waals surface area contributed by atoms with E-state index in [0.717, 1.165) is 38.0 Å². The number of benzene rings is 2. The number of piperidine rings is 1. The highest BCUT2D eigenvalue weighted by Crippen LogP contribution is 2.25. The van der Waals surface area contributed by atoms with Crippen LogP contribution < -0.4 is 11.0 Å². The van der Waals surface area contributed by atoms with Gasteiger partial charge in [0.1, 0.15) is 5.82 Å². The molecule has 1 aliphatic rings. The number of H-pyrrole nitrogens is 1. The number of hydrogen-bond acceptors (Lipinski definition) is 3.